The molecular formula is C11H8Br2ClNOS. The summed E-state index contributed by atoms with van der Waals surface area (Å²) >= 11 is 14.4. The number of hydrogen-bond acceptors (Lipinski definition) is 3. The lowest BCUT2D eigenvalue weighted by Crippen LogP contribution is -1.96. The van der Waals surface area contributed by atoms with Crippen molar-refractivity contribution in [2.75, 3.05) is 5.32 Å². The van der Waals surface area contributed by atoms with Gasteiger partial charge in [0, 0.05) is 21.6 Å². The number of anilines is 1. The van der Waals surface area contributed by atoms with Gasteiger partial charge in [-0.2, -0.15) is 0 Å². The second-order valence-electron chi connectivity index (χ2n) is 3.35. The molecule has 0 radical (unpaired) electrons. The zero-order valence-electron chi connectivity index (χ0n) is 8.51. The first kappa shape index (κ1) is 13.2. The fourth-order valence-electron chi connectivity index (χ4n) is 1.28. The van der Waals surface area contributed by atoms with E-state index in [9.17, 15) is 5.11 Å². The van der Waals surface area contributed by atoms with Crippen LogP contribution in [0, 0.1) is 0 Å². The first-order valence-corrected chi connectivity index (χ1v) is 7.50. The van der Waals surface area contributed by atoms with Crippen molar-refractivity contribution < 1.29 is 5.11 Å². The van der Waals surface area contributed by atoms with Gasteiger partial charge in [-0.15, -0.1) is 11.3 Å². The maximum atomic E-state index is 9.30. The number of rotatable bonds is 3. The maximum Gasteiger partial charge on any atom is 0.134 e. The van der Waals surface area contributed by atoms with E-state index in [-0.39, 0.29) is 5.75 Å². The van der Waals surface area contributed by atoms with Gasteiger partial charge in [0.1, 0.15) is 5.75 Å². The van der Waals surface area contributed by atoms with Crippen molar-refractivity contribution in [1.29, 1.82) is 0 Å². The molecule has 0 saturated carbocycles. The molecule has 2 rings (SSSR count). The summed E-state index contributed by atoms with van der Waals surface area (Å²) < 4.78 is 2.14. The number of thiophene rings is 1. The Bertz CT molecular complexity index is 525. The molecule has 0 aliphatic rings. The molecule has 0 bridgehead atoms. The molecule has 0 spiro atoms. The van der Waals surface area contributed by atoms with E-state index in [1.807, 2.05) is 0 Å². The predicted molar refractivity (Wildman–Crippen MR) is 80.2 cm³/mol. The van der Waals surface area contributed by atoms with Gasteiger partial charge in [-0.3, -0.25) is 0 Å². The molecule has 6 heteroatoms. The Morgan fingerprint density at radius 3 is 2.65 bits per heavy atom. The SMILES string of the molecule is Oc1ccc(NCc2cc(Br)c(Br)s2)cc1Cl. The number of hydrogen-bond donors (Lipinski definition) is 2. The second-order valence-corrected chi connectivity index (χ2v) is 7.07. The van der Waals surface area contributed by atoms with Crippen molar-refractivity contribution in [2.45, 2.75) is 6.54 Å². The van der Waals surface area contributed by atoms with Gasteiger partial charge in [0.2, 0.25) is 0 Å². The Hall–Kier alpha value is -0.230. The number of phenols is 1. The topological polar surface area (TPSA) is 32.3 Å². The predicted octanol–water partition coefficient (Wildman–Crippen LogP) is 5.24. The van der Waals surface area contributed by atoms with Crippen LogP contribution in [0.1, 0.15) is 4.88 Å². The molecule has 0 fully saturated rings. The van der Waals surface area contributed by atoms with Gasteiger partial charge in [0.15, 0.2) is 0 Å². The lowest BCUT2D eigenvalue weighted by molar-refractivity contribution is 0.475. The number of phenolic OH excluding ortho intramolecular Hbond substituents is 1. The first-order valence-electron chi connectivity index (χ1n) is 4.72. The fraction of sp³-hybridized carbons (Fsp3) is 0.0909. The Morgan fingerprint density at radius 2 is 2.06 bits per heavy atom. The summed E-state index contributed by atoms with van der Waals surface area (Å²) in [5.41, 5.74) is 0.883. The average Bonchev–Trinajstić information content (AvgIpc) is 2.60. The van der Waals surface area contributed by atoms with Crippen molar-refractivity contribution in [3.8, 4) is 5.75 Å². The molecule has 0 aliphatic heterocycles. The summed E-state index contributed by atoms with van der Waals surface area (Å²) in [6.45, 7) is 0.718. The van der Waals surface area contributed by atoms with E-state index >= 15 is 0 Å². The maximum absolute atomic E-state index is 9.30. The normalized spacial score (nSPS) is 10.5. The minimum atomic E-state index is 0.0961. The number of halogens is 3. The van der Waals surface area contributed by atoms with Gasteiger partial charge < -0.3 is 10.4 Å². The Morgan fingerprint density at radius 1 is 1.29 bits per heavy atom. The smallest absolute Gasteiger partial charge is 0.134 e. The van der Waals surface area contributed by atoms with Crippen LogP contribution in [0.4, 0.5) is 5.69 Å². The molecule has 2 aromatic rings. The van der Waals surface area contributed by atoms with E-state index in [0.29, 0.717) is 5.02 Å². The largest absolute Gasteiger partial charge is 0.506 e. The molecule has 0 atom stereocenters. The number of nitrogens with one attached hydrogen (secondary N) is 1. The third-order valence-corrected chi connectivity index (χ3v) is 5.67. The third kappa shape index (κ3) is 3.37. The molecule has 0 amide bonds. The van der Waals surface area contributed by atoms with E-state index in [4.69, 9.17) is 11.6 Å². The molecule has 0 aliphatic carbocycles. The summed E-state index contributed by atoms with van der Waals surface area (Å²) in [6, 6.07) is 7.13. The van der Waals surface area contributed by atoms with Crippen molar-refractivity contribution in [3.05, 3.63) is 42.4 Å². The van der Waals surface area contributed by atoms with Crippen molar-refractivity contribution in [1.82, 2.24) is 0 Å². The molecule has 0 saturated heterocycles. The van der Waals surface area contributed by atoms with Crippen LogP contribution in [0.3, 0.4) is 0 Å². The molecule has 17 heavy (non-hydrogen) atoms. The molecule has 90 valence electrons. The highest BCUT2D eigenvalue weighted by Crippen LogP contribution is 2.33. The molecule has 1 heterocycles. The monoisotopic (exact) mass is 395 g/mol. The van der Waals surface area contributed by atoms with Gasteiger partial charge in [-0.25, -0.2) is 0 Å². The van der Waals surface area contributed by atoms with Crippen LogP contribution in [0.2, 0.25) is 5.02 Å². The first-order chi connectivity index (χ1) is 8.06. The standard InChI is InChI=1S/C11H8Br2ClNOS/c12-8-4-7(17-11(8)13)5-15-6-1-2-10(16)9(14)3-6/h1-4,15-16H,5H2. The highest BCUT2D eigenvalue weighted by atomic mass is 79.9. The van der Waals surface area contributed by atoms with Gasteiger partial charge in [-0.05, 0) is 56.1 Å². The molecule has 0 unspecified atom stereocenters. The molecule has 2 N–H and O–H groups in total. The fourth-order valence-corrected chi connectivity index (χ4v) is 3.58. The molecule has 1 aromatic heterocycles. The van der Waals surface area contributed by atoms with Crippen molar-refractivity contribution in [3.63, 3.8) is 0 Å². The van der Waals surface area contributed by atoms with E-state index in [0.717, 1.165) is 20.5 Å². The summed E-state index contributed by atoms with van der Waals surface area (Å²) in [6.07, 6.45) is 0. The summed E-state index contributed by atoms with van der Waals surface area (Å²) in [4.78, 5) is 1.20. The van der Waals surface area contributed by atoms with Crippen LogP contribution in [0.5, 0.6) is 5.75 Å². The van der Waals surface area contributed by atoms with Crippen LogP contribution in [0.15, 0.2) is 32.5 Å². The summed E-state index contributed by atoms with van der Waals surface area (Å²) in [7, 11) is 0. The Balaban J connectivity index is 2.04. The van der Waals surface area contributed by atoms with Crippen molar-refractivity contribution in [2.24, 2.45) is 0 Å². The van der Waals surface area contributed by atoms with E-state index < -0.39 is 0 Å². The van der Waals surface area contributed by atoms with Crippen LogP contribution >= 0.6 is 54.8 Å². The lowest BCUT2D eigenvalue weighted by atomic mass is 10.3. The van der Waals surface area contributed by atoms with E-state index in [1.54, 1.807) is 29.5 Å². The van der Waals surface area contributed by atoms with Crippen LogP contribution in [-0.2, 0) is 6.54 Å². The number of aromatic hydroxyl groups is 1. The van der Waals surface area contributed by atoms with E-state index in [2.05, 4.69) is 43.2 Å². The van der Waals surface area contributed by atoms with Crippen LogP contribution < -0.4 is 5.32 Å². The van der Waals surface area contributed by atoms with Gasteiger partial charge >= 0.3 is 0 Å². The average molecular weight is 398 g/mol. The molecular weight excluding hydrogens is 389 g/mol. The highest BCUT2D eigenvalue weighted by molar-refractivity contribution is 9.13. The van der Waals surface area contributed by atoms with Gasteiger partial charge in [-0.1, -0.05) is 11.6 Å². The zero-order valence-corrected chi connectivity index (χ0v) is 13.3. The van der Waals surface area contributed by atoms with E-state index in [1.165, 1.54) is 4.88 Å². The minimum absolute atomic E-state index is 0.0961. The van der Waals surface area contributed by atoms with Crippen LogP contribution in [-0.4, -0.2) is 5.11 Å². The quantitative estimate of drug-likeness (QED) is 0.694. The highest BCUT2D eigenvalue weighted by Gasteiger charge is 2.04. The Labute approximate surface area is 125 Å². The molecule has 1 aromatic carbocycles. The number of benzene rings is 1. The van der Waals surface area contributed by atoms with Gasteiger partial charge in [0.05, 0.1) is 8.81 Å². The summed E-state index contributed by atoms with van der Waals surface area (Å²) in [5, 5.41) is 12.9. The summed E-state index contributed by atoms with van der Waals surface area (Å²) in [5.74, 6) is 0.0961. The molecule has 2 nitrogen and oxygen atoms in total. The van der Waals surface area contributed by atoms with Gasteiger partial charge in [0.25, 0.3) is 0 Å². The second kappa shape index (κ2) is 5.61. The minimum Gasteiger partial charge on any atom is -0.506 e. The third-order valence-electron chi connectivity index (χ3n) is 2.11. The zero-order chi connectivity index (χ0) is 12.4. The van der Waals surface area contributed by atoms with Crippen molar-refractivity contribution >= 4 is 60.5 Å². The lowest BCUT2D eigenvalue weighted by Gasteiger charge is -2.05. The van der Waals surface area contributed by atoms with Crippen LogP contribution in [0.25, 0.3) is 0 Å². The Kier molecular flexibility index (Phi) is 4.36.